The predicted molar refractivity (Wildman–Crippen MR) is 58.7 cm³/mol. The normalized spacial score (nSPS) is 18.5. The van der Waals surface area contributed by atoms with Crippen molar-refractivity contribution in [3.05, 3.63) is 29.8 Å². The van der Waals surface area contributed by atoms with Crippen LogP contribution in [-0.4, -0.2) is 16.6 Å². The highest BCUT2D eigenvalue weighted by Gasteiger charge is 2.47. The largest absolute Gasteiger partial charge is 0.480 e. The molecule has 0 heterocycles. The van der Waals surface area contributed by atoms with Crippen LogP contribution < -0.4 is 5.32 Å². The lowest BCUT2D eigenvalue weighted by molar-refractivity contribution is -0.142. The summed E-state index contributed by atoms with van der Waals surface area (Å²) < 4.78 is 26.2. The van der Waals surface area contributed by atoms with Gasteiger partial charge in [0.25, 0.3) is 0 Å². The standard InChI is InChI=1S/C12H13F2NO2/c1-12(11(16)17,7-2-3-7)15-10-5-4-8(13)6-9(10)14/h4-7,15H,2-3H2,1H3,(H,16,17). The molecule has 17 heavy (non-hydrogen) atoms. The first kappa shape index (κ1) is 11.8. The molecule has 0 bridgehead atoms. The molecule has 0 amide bonds. The van der Waals surface area contributed by atoms with Crippen LogP contribution in [0.4, 0.5) is 14.5 Å². The van der Waals surface area contributed by atoms with Crippen LogP contribution in [0.25, 0.3) is 0 Å². The first-order valence-corrected chi connectivity index (χ1v) is 5.40. The Hall–Kier alpha value is -1.65. The lowest BCUT2D eigenvalue weighted by Gasteiger charge is -2.27. The molecule has 1 aliphatic carbocycles. The van der Waals surface area contributed by atoms with E-state index < -0.39 is 23.1 Å². The summed E-state index contributed by atoms with van der Waals surface area (Å²) in [6, 6.07) is 3.05. The Labute approximate surface area is 97.5 Å². The molecule has 2 N–H and O–H groups in total. The summed E-state index contributed by atoms with van der Waals surface area (Å²) in [6.45, 7) is 1.52. The van der Waals surface area contributed by atoms with E-state index in [0.717, 1.165) is 25.0 Å². The third-order valence-electron chi connectivity index (χ3n) is 3.16. The van der Waals surface area contributed by atoms with Gasteiger partial charge < -0.3 is 10.4 Å². The number of aliphatic carboxylic acids is 1. The summed E-state index contributed by atoms with van der Waals surface area (Å²) in [5, 5.41) is 11.9. The van der Waals surface area contributed by atoms with Crippen LogP contribution in [0, 0.1) is 17.6 Å². The van der Waals surface area contributed by atoms with Crippen molar-refractivity contribution in [3.63, 3.8) is 0 Å². The molecule has 1 fully saturated rings. The Morgan fingerprint density at radius 1 is 1.47 bits per heavy atom. The lowest BCUT2D eigenvalue weighted by atomic mass is 9.95. The third-order valence-corrected chi connectivity index (χ3v) is 3.16. The molecular formula is C12H13F2NO2. The van der Waals surface area contributed by atoms with E-state index in [1.807, 2.05) is 0 Å². The predicted octanol–water partition coefficient (Wildman–Crippen LogP) is 2.63. The fourth-order valence-electron chi connectivity index (χ4n) is 1.86. The molecule has 5 heteroatoms. The van der Waals surface area contributed by atoms with Gasteiger partial charge in [-0.3, -0.25) is 0 Å². The number of benzene rings is 1. The maximum atomic E-state index is 13.4. The van der Waals surface area contributed by atoms with Gasteiger partial charge in [0, 0.05) is 6.07 Å². The molecule has 1 aliphatic rings. The van der Waals surface area contributed by atoms with Crippen molar-refractivity contribution in [2.24, 2.45) is 5.92 Å². The smallest absolute Gasteiger partial charge is 0.329 e. The van der Waals surface area contributed by atoms with Gasteiger partial charge in [0.2, 0.25) is 0 Å². The summed E-state index contributed by atoms with van der Waals surface area (Å²) in [7, 11) is 0. The van der Waals surface area contributed by atoms with Gasteiger partial charge in [0.1, 0.15) is 17.2 Å². The van der Waals surface area contributed by atoms with Crippen LogP contribution in [0.5, 0.6) is 0 Å². The molecule has 1 saturated carbocycles. The Bertz CT molecular complexity index is 460. The molecular weight excluding hydrogens is 228 g/mol. The first-order chi connectivity index (χ1) is 7.93. The van der Waals surface area contributed by atoms with E-state index in [1.54, 1.807) is 0 Å². The van der Waals surface area contributed by atoms with E-state index in [-0.39, 0.29) is 11.6 Å². The summed E-state index contributed by atoms with van der Waals surface area (Å²) in [4.78, 5) is 11.2. The molecule has 1 aromatic carbocycles. The van der Waals surface area contributed by atoms with Gasteiger partial charge in [-0.25, -0.2) is 13.6 Å². The molecule has 1 unspecified atom stereocenters. The van der Waals surface area contributed by atoms with E-state index >= 15 is 0 Å². The van der Waals surface area contributed by atoms with Crippen molar-refractivity contribution in [3.8, 4) is 0 Å². The first-order valence-electron chi connectivity index (χ1n) is 5.40. The lowest BCUT2D eigenvalue weighted by Crippen LogP contribution is -2.45. The van der Waals surface area contributed by atoms with Gasteiger partial charge in [-0.05, 0) is 37.8 Å². The molecule has 0 aromatic heterocycles. The number of hydrogen-bond acceptors (Lipinski definition) is 2. The van der Waals surface area contributed by atoms with Crippen molar-refractivity contribution in [1.82, 2.24) is 0 Å². The summed E-state index contributed by atoms with van der Waals surface area (Å²) in [5.41, 5.74) is -1.18. The second kappa shape index (κ2) is 3.98. The molecule has 0 saturated heterocycles. The van der Waals surface area contributed by atoms with E-state index in [1.165, 1.54) is 13.0 Å². The van der Waals surface area contributed by atoms with E-state index in [0.29, 0.717) is 0 Å². The van der Waals surface area contributed by atoms with Crippen LogP contribution in [0.3, 0.4) is 0 Å². The number of halogens is 2. The highest BCUT2D eigenvalue weighted by molar-refractivity contribution is 5.83. The van der Waals surface area contributed by atoms with E-state index in [2.05, 4.69) is 5.32 Å². The molecule has 92 valence electrons. The minimum Gasteiger partial charge on any atom is -0.480 e. The van der Waals surface area contributed by atoms with Gasteiger partial charge in [0.15, 0.2) is 0 Å². The van der Waals surface area contributed by atoms with Gasteiger partial charge in [0.05, 0.1) is 5.69 Å². The molecule has 1 atom stereocenters. The van der Waals surface area contributed by atoms with Crippen LogP contribution in [-0.2, 0) is 4.79 Å². The number of carboxylic acid groups (broad SMARTS) is 1. The second-order valence-corrected chi connectivity index (χ2v) is 4.53. The number of nitrogens with one attached hydrogen (secondary N) is 1. The SMILES string of the molecule is CC(Nc1ccc(F)cc1F)(C(=O)O)C1CC1. The van der Waals surface area contributed by atoms with Crippen LogP contribution >= 0.6 is 0 Å². The zero-order valence-electron chi connectivity index (χ0n) is 9.34. The van der Waals surface area contributed by atoms with Gasteiger partial charge in [-0.15, -0.1) is 0 Å². The summed E-state index contributed by atoms with van der Waals surface area (Å²) in [5.74, 6) is -2.50. The molecule has 2 rings (SSSR count). The van der Waals surface area contributed by atoms with Gasteiger partial charge in [-0.2, -0.15) is 0 Å². The zero-order chi connectivity index (χ0) is 12.6. The third kappa shape index (κ3) is 2.23. The molecule has 0 aliphatic heterocycles. The number of anilines is 1. The van der Waals surface area contributed by atoms with E-state index in [4.69, 9.17) is 0 Å². The van der Waals surface area contributed by atoms with Crippen LogP contribution in [0.1, 0.15) is 19.8 Å². The van der Waals surface area contributed by atoms with Crippen molar-refractivity contribution >= 4 is 11.7 Å². The topological polar surface area (TPSA) is 49.3 Å². The Morgan fingerprint density at radius 2 is 2.12 bits per heavy atom. The Kier molecular flexibility index (Phi) is 2.77. The second-order valence-electron chi connectivity index (χ2n) is 4.53. The average molecular weight is 241 g/mol. The summed E-state index contributed by atoms with van der Waals surface area (Å²) >= 11 is 0. The van der Waals surface area contributed by atoms with Crippen molar-refractivity contribution < 1.29 is 18.7 Å². The average Bonchev–Trinajstić information content (AvgIpc) is 3.05. The summed E-state index contributed by atoms with van der Waals surface area (Å²) in [6.07, 6.45) is 1.61. The molecule has 3 nitrogen and oxygen atoms in total. The van der Waals surface area contributed by atoms with Crippen LogP contribution in [0.15, 0.2) is 18.2 Å². The molecule has 0 spiro atoms. The maximum absolute atomic E-state index is 13.4. The van der Waals surface area contributed by atoms with E-state index in [9.17, 15) is 18.7 Å². The quantitative estimate of drug-likeness (QED) is 0.851. The fourth-order valence-corrected chi connectivity index (χ4v) is 1.86. The van der Waals surface area contributed by atoms with Crippen LogP contribution in [0.2, 0.25) is 0 Å². The molecule has 1 aromatic rings. The maximum Gasteiger partial charge on any atom is 0.329 e. The highest BCUT2D eigenvalue weighted by Crippen LogP contribution is 2.41. The Balaban J connectivity index is 2.26. The number of carboxylic acids is 1. The molecule has 0 radical (unpaired) electrons. The van der Waals surface area contributed by atoms with Crippen molar-refractivity contribution in [2.45, 2.75) is 25.3 Å². The number of rotatable bonds is 4. The van der Waals surface area contributed by atoms with Crippen molar-refractivity contribution in [1.29, 1.82) is 0 Å². The van der Waals surface area contributed by atoms with Gasteiger partial charge >= 0.3 is 5.97 Å². The minimum absolute atomic E-state index is 0.00977. The Morgan fingerprint density at radius 3 is 2.59 bits per heavy atom. The van der Waals surface area contributed by atoms with Crippen molar-refractivity contribution in [2.75, 3.05) is 5.32 Å². The highest BCUT2D eigenvalue weighted by atomic mass is 19.1. The minimum atomic E-state index is -1.20. The zero-order valence-corrected chi connectivity index (χ0v) is 9.34. The number of hydrogen-bond donors (Lipinski definition) is 2. The number of carbonyl (C=O) groups is 1. The fraction of sp³-hybridized carbons (Fsp3) is 0.417. The van der Waals surface area contributed by atoms with Gasteiger partial charge in [-0.1, -0.05) is 0 Å². The monoisotopic (exact) mass is 241 g/mol.